The summed E-state index contributed by atoms with van der Waals surface area (Å²) in [6, 6.07) is 3.00. The molecule has 1 aliphatic heterocycles. The van der Waals surface area contributed by atoms with Gasteiger partial charge in [0.15, 0.2) is 0 Å². The van der Waals surface area contributed by atoms with Crippen molar-refractivity contribution in [2.45, 2.75) is 44.0 Å². The van der Waals surface area contributed by atoms with Crippen LogP contribution in [0.1, 0.15) is 41.8 Å². The number of carbonyl (C=O) groups excluding carboxylic acids is 1. The Bertz CT molecular complexity index is 600. The molecule has 0 saturated heterocycles. The van der Waals surface area contributed by atoms with Crippen LogP contribution in [-0.2, 0) is 0 Å². The van der Waals surface area contributed by atoms with Gasteiger partial charge < -0.3 is 5.11 Å². The first-order valence-electron chi connectivity index (χ1n) is 7.10. The largest absolute Gasteiger partial charge is 0.439 e. The molecule has 3 rings (SSSR count). The Kier molecular flexibility index (Phi) is 3.76. The van der Waals surface area contributed by atoms with Crippen LogP contribution < -0.4 is 0 Å². The Hall–Kier alpha value is -1.41. The number of carbonyl (C=O) groups is 1. The molecule has 120 valence electrons. The standard InChI is InChI=1S/C14H15F3N2O2S/c15-14(16,17)13(21)9-5-2-1-3-6-10(9)18-19(13)12(20)11-7-4-8-22-11/h4,7-9,21H,1-3,5-6H2/t9-,13+/m0/s1. The van der Waals surface area contributed by atoms with Gasteiger partial charge in [-0.15, -0.1) is 11.3 Å². The highest BCUT2D eigenvalue weighted by atomic mass is 32.1. The molecule has 0 bridgehead atoms. The lowest BCUT2D eigenvalue weighted by Gasteiger charge is -2.36. The molecule has 0 radical (unpaired) electrons. The second kappa shape index (κ2) is 5.34. The van der Waals surface area contributed by atoms with E-state index in [4.69, 9.17) is 0 Å². The quantitative estimate of drug-likeness (QED) is 0.857. The van der Waals surface area contributed by atoms with Crippen molar-refractivity contribution in [3.8, 4) is 0 Å². The summed E-state index contributed by atoms with van der Waals surface area (Å²) < 4.78 is 40.8. The Morgan fingerprint density at radius 2 is 2.18 bits per heavy atom. The van der Waals surface area contributed by atoms with Crippen LogP contribution >= 0.6 is 11.3 Å². The summed E-state index contributed by atoms with van der Waals surface area (Å²) >= 11 is 1.03. The fourth-order valence-corrected chi connectivity index (χ4v) is 3.75. The second-order valence-corrected chi connectivity index (χ2v) is 6.51. The average Bonchev–Trinajstić information content (AvgIpc) is 3.00. The molecule has 2 heterocycles. The maximum absolute atomic E-state index is 13.6. The van der Waals surface area contributed by atoms with Gasteiger partial charge in [0.25, 0.3) is 11.6 Å². The predicted octanol–water partition coefficient (Wildman–Crippen LogP) is 3.39. The number of halogens is 3. The number of alkyl halides is 3. The van der Waals surface area contributed by atoms with E-state index in [2.05, 4.69) is 5.10 Å². The summed E-state index contributed by atoms with van der Waals surface area (Å²) in [6.45, 7) is 0. The number of hydrazone groups is 1. The molecule has 0 unspecified atom stereocenters. The number of aliphatic hydroxyl groups is 1. The molecular weight excluding hydrogens is 317 g/mol. The molecule has 0 spiro atoms. The zero-order valence-corrected chi connectivity index (χ0v) is 12.5. The normalized spacial score (nSPS) is 29.0. The number of fused-ring (bicyclic) bond motifs is 1. The highest BCUT2D eigenvalue weighted by molar-refractivity contribution is 7.12. The van der Waals surface area contributed by atoms with Crippen molar-refractivity contribution < 1.29 is 23.1 Å². The third-order valence-corrected chi connectivity index (χ3v) is 5.06. The van der Waals surface area contributed by atoms with E-state index in [1.807, 2.05) is 0 Å². The molecule has 1 amide bonds. The molecular formula is C14H15F3N2O2S. The summed E-state index contributed by atoms with van der Waals surface area (Å²) in [7, 11) is 0. The van der Waals surface area contributed by atoms with Crippen LogP contribution in [0.5, 0.6) is 0 Å². The first kappa shape index (κ1) is 15.5. The smallest absolute Gasteiger partial charge is 0.362 e. The summed E-state index contributed by atoms with van der Waals surface area (Å²) in [5.41, 5.74) is -2.96. The van der Waals surface area contributed by atoms with Crippen LogP contribution in [0.25, 0.3) is 0 Å². The molecule has 22 heavy (non-hydrogen) atoms. The average molecular weight is 332 g/mol. The van der Waals surface area contributed by atoms with E-state index in [1.54, 1.807) is 11.4 Å². The highest BCUT2D eigenvalue weighted by Gasteiger charge is 2.68. The molecule has 4 nitrogen and oxygen atoms in total. The number of amides is 1. The van der Waals surface area contributed by atoms with Crippen LogP contribution in [0.3, 0.4) is 0 Å². The zero-order chi connectivity index (χ0) is 16.0. The van der Waals surface area contributed by atoms with Crippen molar-refractivity contribution in [1.29, 1.82) is 0 Å². The van der Waals surface area contributed by atoms with E-state index >= 15 is 0 Å². The Balaban J connectivity index is 2.04. The lowest BCUT2D eigenvalue weighted by molar-refractivity contribution is -0.312. The van der Waals surface area contributed by atoms with Crippen LogP contribution in [0, 0.1) is 5.92 Å². The molecule has 1 aliphatic carbocycles. The second-order valence-electron chi connectivity index (χ2n) is 5.56. The van der Waals surface area contributed by atoms with Gasteiger partial charge in [-0.25, -0.2) is 0 Å². The van der Waals surface area contributed by atoms with Crippen molar-refractivity contribution in [1.82, 2.24) is 5.01 Å². The van der Waals surface area contributed by atoms with Gasteiger partial charge in [0.05, 0.1) is 10.8 Å². The Morgan fingerprint density at radius 3 is 2.82 bits per heavy atom. The maximum Gasteiger partial charge on any atom is 0.439 e. The molecule has 8 heteroatoms. The van der Waals surface area contributed by atoms with E-state index in [9.17, 15) is 23.1 Å². The molecule has 1 N–H and O–H groups in total. The minimum Gasteiger partial charge on any atom is -0.362 e. The first-order chi connectivity index (χ1) is 10.4. The van der Waals surface area contributed by atoms with Gasteiger partial charge in [-0.2, -0.15) is 23.3 Å². The van der Waals surface area contributed by atoms with E-state index in [1.165, 1.54) is 6.07 Å². The van der Waals surface area contributed by atoms with Gasteiger partial charge in [-0.1, -0.05) is 18.9 Å². The fraction of sp³-hybridized carbons (Fsp3) is 0.571. The van der Waals surface area contributed by atoms with E-state index in [0.717, 1.165) is 24.2 Å². The first-order valence-corrected chi connectivity index (χ1v) is 7.98. The van der Waals surface area contributed by atoms with Gasteiger partial charge in [-0.05, 0) is 30.7 Å². The molecule has 1 aromatic heterocycles. The molecule has 2 atom stereocenters. The number of hydrogen-bond acceptors (Lipinski definition) is 4. The SMILES string of the molecule is O=C(c1cccs1)N1N=C2CCCCC[C@@H]2[C@@]1(O)C(F)(F)F. The van der Waals surface area contributed by atoms with Crippen LogP contribution in [0.2, 0.25) is 0 Å². The topological polar surface area (TPSA) is 52.9 Å². The fourth-order valence-electron chi connectivity index (χ4n) is 3.10. The van der Waals surface area contributed by atoms with Crippen molar-refractivity contribution in [2.24, 2.45) is 11.0 Å². The van der Waals surface area contributed by atoms with Crippen molar-refractivity contribution in [3.63, 3.8) is 0 Å². The lowest BCUT2D eigenvalue weighted by atomic mass is 9.87. The number of thiophene rings is 1. The van der Waals surface area contributed by atoms with Gasteiger partial charge in [-0.3, -0.25) is 4.79 Å². The monoisotopic (exact) mass is 332 g/mol. The predicted molar refractivity (Wildman–Crippen MR) is 75.5 cm³/mol. The summed E-state index contributed by atoms with van der Waals surface area (Å²) in [5, 5.41) is 16.2. The Morgan fingerprint density at radius 1 is 1.41 bits per heavy atom. The lowest BCUT2D eigenvalue weighted by Crippen LogP contribution is -2.61. The summed E-state index contributed by atoms with van der Waals surface area (Å²) in [5.74, 6) is -2.07. The minimum atomic E-state index is -4.96. The zero-order valence-electron chi connectivity index (χ0n) is 11.6. The van der Waals surface area contributed by atoms with Crippen molar-refractivity contribution in [3.05, 3.63) is 22.4 Å². The van der Waals surface area contributed by atoms with Gasteiger partial charge in [0, 0.05) is 5.71 Å². The van der Waals surface area contributed by atoms with Crippen molar-refractivity contribution >= 4 is 23.0 Å². The minimum absolute atomic E-state index is 0.128. The van der Waals surface area contributed by atoms with Gasteiger partial charge >= 0.3 is 6.18 Å². The molecule has 2 aliphatic rings. The van der Waals surface area contributed by atoms with E-state index in [-0.39, 0.29) is 22.0 Å². The molecule has 1 aromatic rings. The van der Waals surface area contributed by atoms with Crippen LogP contribution in [-0.4, -0.2) is 33.6 Å². The highest BCUT2D eigenvalue weighted by Crippen LogP contribution is 2.48. The number of hydrogen-bond donors (Lipinski definition) is 1. The molecule has 0 aromatic carbocycles. The maximum atomic E-state index is 13.6. The Labute approximate surface area is 129 Å². The van der Waals surface area contributed by atoms with Crippen molar-refractivity contribution in [2.75, 3.05) is 0 Å². The third-order valence-electron chi connectivity index (χ3n) is 4.21. The number of nitrogens with zero attached hydrogens (tertiary/aromatic N) is 2. The van der Waals surface area contributed by atoms with Crippen LogP contribution in [0.15, 0.2) is 22.6 Å². The summed E-state index contributed by atoms with van der Waals surface area (Å²) in [4.78, 5) is 12.5. The number of rotatable bonds is 1. The van der Waals surface area contributed by atoms with E-state index in [0.29, 0.717) is 12.8 Å². The van der Waals surface area contributed by atoms with Gasteiger partial charge in [0.1, 0.15) is 0 Å². The molecule has 1 fully saturated rings. The summed E-state index contributed by atoms with van der Waals surface area (Å²) in [6.07, 6.45) is -2.27. The van der Waals surface area contributed by atoms with Gasteiger partial charge in [0.2, 0.25) is 0 Å². The molecule has 1 saturated carbocycles. The van der Waals surface area contributed by atoms with Crippen LogP contribution in [0.4, 0.5) is 13.2 Å². The van der Waals surface area contributed by atoms with E-state index < -0.39 is 23.7 Å². The third kappa shape index (κ3) is 2.25.